The molecular weight excluding hydrogens is 254 g/mol. The van der Waals surface area contributed by atoms with E-state index >= 15 is 0 Å². The van der Waals surface area contributed by atoms with Gasteiger partial charge in [-0.3, -0.25) is 9.48 Å². The number of nitrogens with one attached hydrogen (secondary N) is 1. The molecule has 6 nitrogen and oxygen atoms in total. The lowest BCUT2D eigenvalue weighted by Gasteiger charge is -2.10. The van der Waals surface area contributed by atoms with Crippen LogP contribution in [0.5, 0.6) is 0 Å². The molecule has 2 rings (SSSR count). The highest BCUT2D eigenvalue weighted by atomic mass is 16.2. The van der Waals surface area contributed by atoms with E-state index in [0.29, 0.717) is 12.1 Å². The Balaban J connectivity index is 2.01. The molecule has 1 amide bonds. The minimum absolute atomic E-state index is 0.0489. The number of aromatic nitrogens is 3. The number of hydrogen-bond donors (Lipinski definition) is 1. The number of aryl methyl sites for hydroxylation is 2. The van der Waals surface area contributed by atoms with Crippen LogP contribution in [0.25, 0.3) is 0 Å². The SMILES string of the molecule is Cc1nn(C)cc1CNc1ccc(C(=O)N(C)C)cn1. The molecule has 0 aliphatic heterocycles. The monoisotopic (exact) mass is 273 g/mol. The van der Waals surface area contributed by atoms with Gasteiger partial charge in [0, 0.05) is 45.6 Å². The highest BCUT2D eigenvalue weighted by Crippen LogP contribution is 2.10. The highest BCUT2D eigenvalue weighted by molar-refractivity contribution is 5.93. The molecule has 6 heteroatoms. The molecule has 20 heavy (non-hydrogen) atoms. The second-order valence-corrected chi connectivity index (χ2v) is 4.90. The summed E-state index contributed by atoms with van der Waals surface area (Å²) < 4.78 is 1.79. The molecule has 0 saturated heterocycles. The molecule has 2 heterocycles. The minimum atomic E-state index is -0.0489. The summed E-state index contributed by atoms with van der Waals surface area (Å²) >= 11 is 0. The number of nitrogens with zero attached hydrogens (tertiary/aromatic N) is 4. The van der Waals surface area contributed by atoms with Crippen LogP contribution in [0, 0.1) is 6.92 Å². The van der Waals surface area contributed by atoms with Crippen molar-refractivity contribution in [3.63, 3.8) is 0 Å². The molecule has 106 valence electrons. The van der Waals surface area contributed by atoms with Gasteiger partial charge in [0.05, 0.1) is 11.3 Å². The molecule has 0 aliphatic rings. The van der Waals surface area contributed by atoms with E-state index in [1.165, 1.54) is 4.90 Å². The van der Waals surface area contributed by atoms with Crippen LogP contribution in [0.3, 0.4) is 0 Å². The maximum Gasteiger partial charge on any atom is 0.254 e. The van der Waals surface area contributed by atoms with Crippen molar-refractivity contribution in [2.45, 2.75) is 13.5 Å². The van der Waals surface area contributed by atoms with Gasteiger partial charge in [-0.05, 0) is 19.1 Å². The van der Waals surface area contributed by atoms with E-state index in [2.05, 4.69) is 15.4 Å². The first-order chi connectivity index (χ1) is 9.47. The van der Waals surface area contributed by atoms with Crippen molar-refractivity contribution in [1.29, 1.82) is 0 Å². The number of amides is 1. The van der Waals surface area contributed by atoms with Crippen LogP contribution in [0.15, 0.2) is 24.5 Å². The van der Waals surface area contributed by atoms with Gasteiger partial charge in [-0.1, -0.05) is 0 Å². The first-order valence-electron chi connectivity index (χ1n) is 6.38. The van der Waals surface area contributed by atoms with Gasteiger partial charge >= 0.3 is 0 Å². The first-order valence-corrected chi connectivity index (χ1v) is 6.38. The van der Waals surface area contributed by atoms with Crippen molar-refractivity contribution < 1.29 is 4.79 Å². The van der Waals surface area contributed by atoms with Gasteiger partial charge in [0.2, 0.25) is 0 Å². The highest BCUT2D eigenvalue weighted by Gasteiger charge is 2.08. The molecule has 0 atom stereocenters. The summed E-state index contributed by atoms with van der Waals surface area (Å²) in [5.41, 5.74) is 2.71. The molecule has 0 spiro atoms. The zero-order chi connectivity index (χ0) is 14.7. The van der Waals surface area contributed by atoms with Gasteiger partial charge in [0.15, 0.2) is 0 Å². The van der Waals surface area contributed by atoms with Gasteiger partial charge < -0.3 is 10.2 Å². The Hall–Kier alpha value is -2.37. The summed E-state index contributed by atoms with van der Waals surface area (Å²) in [4.78, 5) is 17.5. The van der Waals surface area contributed by atoms with Gasteiger partial charge in [-0.15, -0.1) is 0 Å². The number of rotatable bonds is 4. The Labute approximate surface area is 118 Å². The van der Waals surface area contributed by atoms with Crippen LogP contribution in [0.4, 0.5) is 5.82 Å². The average molecular weight is 273 g/mol. The fraction of sp³-hybridized carbons (Fsp3) is 0.357. The largest absolute Gasteiger partial charge is 0.366 e. The standard InChI is InChI=1S/C14H19N5O/c1-10-12(9-19(4)17-10)8-16-13-6-5-11(7-15-13)14(20)18(2)3/h5-7,9H,8H2,1-4H3,(H,15,16). The third-order valence-corrected chi connectivity index (χ3v) is 2.99. The van der Waals surface area contributed by atoms with E-state index < -0.39 is 0 Å². The van der Waals surface area contributed by atoms with Crippen LogP contribution in [0.2, 0.25) is 0 Å². The maximum atomic E-state index is 11.7. The van der Waals surface area contributed by atoms with E-state index in [-0.39, 0.29) is 5.91 Å². The fourth-order valence-corrected chi connectivity index (χ4v) is 1.89. The normalized spacial score (nSPS) is 10.4. The van der Waals surface area contributed by atoms with Crippen molar-refractivity contribution in [3.8, 4) is 0 Å². The number of anilines is 1. The van der Waals surface area contributed by atoms with Crippen molar-refractivity contribution >= 4 is 11.7 Å². The smallest absolute Gasteiger partial charge is 0.254 e. The molecule has 0 aromatic carbocycles. The zero-order valence-electron chi connectivity index (χ0n) is 12.2. The first kappa shape index (κ1) is 14.0. The molecular formula is C14H19N5O. The molecule has 0 bridgehead atoms. The molecule has 0 unspecified atom stereocenters. The molecule has 0 radical (unpaired) electrons. The van der Waals surface area contributed by atoms with E-state index in [0.717, 1.165) is 17.1 Å². The van der Waals surface area contributed by atoms with Crippen LogP contribution in [0.1, 0.15) is 21.6 Å². The molecule has 0 saturated carbocycles. The Morgan fingerprint density at radius 1 is 1.40 bits per heavy atom. The van der Waals surface area contributed by atoms with E-state index in [1.54, 1.807) is 31.0 Å². The van der Waals surface area contributed by atoms with Crippen molar-refractivity contribution in [3.05, 3.63) is 41.3 Å². The van der Waals surface area contributed by atoms with Gasteiger partial charge in [0.25, 0.3) is 5.91 Å². The van der Waals surface area contributed by atoms with E-state index in [9.17, 15) is 4.79 Å². The Kier molecular flexibility index (Phi) is 4.02. The lowest BCUT2D eigenvalue weighted by Crippen LogP contribution is -2.21. The van der Waals surface area contributed by atoms with E-state index in [4.69, 9.17) is 0 Å². The number of carbonyl (C=O) groups is 1. The Bertz CT molecular complexity index is 601. The second kappa shape index (κ2) is 5.73. The lowest BCUT2D eigenvalue weighted by atomic mass is 10.2. The summed E-state index contributed by atoms with van der Waals surface area (Å²) in [5, 5.41) is 7.51. The summed E-state index contributed by atoms with van der Waals surface area (Å²) in [7, 11) is 5.34. The molecule has 1 N–H and O–H groups in total. The maximum absolute atomic E-state index is 11.7. The predicted molar refractivity (Wildman–Crippen MR) is 77.5 cm³/mol. The zero-order valence-corrected chi connectivity index (χ0v) is 12.2. The van der Waals surface area contributed by atoms with Crippen LogP contribution in [-0.2, 0) is 13.6 Å². The van der Waals surface area contributed by atoms with Crippen molar-refractivity contribution in [2.24, 2.45) is 7.05 Å². The van der Waals surface area contributed by atoms with E-state index in [1.807, 2.05) is 26.2 Å². The van der Waals surface area contributed by atoms with Gasteiger partial charge in [0.1, 0.15) is 5.82 Å². The Morgan fingerprint density at radius 3 is 2.65 bits per heavy atom. The predicted octanol–water partition coefficient (Wildman–Crippen LogP) is 1.44. The molecule has 2 aromatic heterocycles. The second-order valence-electron chi connectivity index (χ2n) is 4.90. The quantitative estimate of drug-likeness (QED) is 0.915. The van der Waals surface area contributed by atoms with Crippen molar-refractivity contribution in [2.75, 3.05) is 19.4 Å². The number of hydrogen-bond acceptors (Lipinski definition) is 4. The van der Waals surface area contributed by atoms with Gasteiger partial charge in [-0.2, -0.15) is 5.10 Å². The molecule has 0 fully saturated rings. The summed E-state index contributed by atoms with van der Waals surface area (Å²) in [6.07, 6.45) is 3.56. The topological polar surface area (TPSA) is 63.1 Å². The van der Waals surface area contributed by atoms with Crippen LogP contribution in [-0.4, -0.2) is 39.7 Å². The van der Waals surface area contributed by atoms with Crippen molar-refractivity contribution in [1.82, 2.24) is 19.7 Å². The summed E-state index contributed by atoms with van der Waals surface area (Å²) in [6.45, 7) is 2.64. The lowest BCUT2D eigenvalue weighted by molar-refractivity contribution is 0.0827. The third-order valence-electron chi connectivity index (χ3n) is 2.99. The van der Waals surface area contributed by atoms with Gasteiger partial charge in [-0.25, -0.2) is 4.98 Å². The summed E-state index contributed by atoms with van der Waals surface area (Å²) in [5.74, 6) is 0.690. The van der Waals surface area contributed by atoms with Crippen LogP contribution >= 0.6 is 0 Å². The average Bonchev–Trinajstić information content (AvgIpc) is 2.74. The minimum Gasteiger partial charge on any atom is -0.366 e. The summed E-state index contributed by atoms with van der Waals surface area (Å²) in [6, 6.07) is 3.58. The molecule has 2 aromatic rings. The third kappa shape index (κ3) is 3.14. The number of carbonyl (C=O) groups excluding carboxylic acids is 1. The molecule has 0 aliphatic carbocycles. The fourth-order valence-electron chi connectivity index (χ4n) is 1.89. The Morgan fingerprint density at radius 2 is 2.15 bits per heavy atom. The van der Waals surface area contributed by atoms with Crippen LogP contribution < -0.4 is 5.32 Å². The number of pyridine rings is 1.